The van der Waals surface area contributed by atoms with Crippen LogP contribution in [0.5, 0.6) is 0 Å². The molecule has 78 valence electrons. The average Bonchev–Trinajstić information content (AvgIpc) is 2.19. The number of halogens is 1. The predicted molar refractivity (Wildman–Crippen MR) is 56.1 cm³/mol. The summed E-state index contributed by atoms with van der Waals surface area (Å²) in [5.41, 5.74) is 1.33. The van der Waals surface area contributed by atoms with Gasteiger partial charge < -0.3 is 10.2 Å². The highest BCUT2D eigenvalue weighted by Crippen LogP contribution is 2.22. The first kappa shape index (κ1) is 11.7. The first-order valence-corrected chi connectivity index (χ1v) is 4.91. The largest absolute Gasteiger partial charge is 0.481 e. The first-order chi connectivity index (χ1) is 7.08. The number of rotatable bonds is 3. The van der Waals surface area contributed by atoms with Crippen molar-refractivity contribution in [1.29, 1.82) is 5.26 Å². The second kappa shape index (κ2) is 4.91. The van der Waals surface area contributed by atoms with Gasteiger partial charge in [-0.2, -0.15) is 5.26 Å². The van der Waals surface area contributed by atoms with Gasteiger partial charge in [0.25, 0.3) is 0 Å². The zero-order valence-electron chi connectivity index (χ0n) is 7.70. The lowest BCUT2D eigenvalue weighted by Crippen LogP contribution is -2.03. The summed E-state index contributed by atoms with van der Waals surface area (Å²) in [4.78, 5) is 10.5. The van der Waals surface area contributed by atoms with Crippen molar-refractivity contribution >= 4 is 21.9 Å². The molecule has 0 aliphatic carbocycles. The maximum atomic E-state index is 10.5. The molecule has 0 heterocycles. The molecule has 0 aliphatic rings. The molecule has 1 aromatic carbocycles. The van der Waals surface area contributed by atoms with Crippen molar-refractivity contribution in [3.05, 3.63) is 33.3 Å². The number of carboxylic acids is 1. The number of aliphatic hydroxyl groups is 1. The Morgan fingerprint density at radius 1 is 1.47 bits per heavy atom. The van der Waals surface area contributed by atoms with Crippen LogP contribution in [0, 0.1) is 11.3 Å². The molecule has 5 heteroatoms. The van der Waals surface area contributed by atoms with Crippen LogP contribution >= 0.6 is 15.9 Å². The molecule has 0 spiro atoms. The number of nitrogens with zero attached hydrogens (tertiary/aromatic N) is 1. The SMILES string of the molecule is N#Cc1cc(Br)c(CC(=O)O)cc1CO. The fourth-order valence-electron chi connectivity index (χ4n) is 1.20. The van der Waals surface area contributed by atoms with Crippen LogP contribution in [0.3, 0.4) is 0 Å². The van der Waals surface area contributed by atoms with Crippen molar-refractivity contribution < 1.29 is 15.0 Å². The standard InChI is InChI=1S/C10H8BrNO3/c11-9-2-7(4-12)8(5-13)1-6(9)3-10(14)15/h1-2,13H,3,5H2,(H,14,15). The Balaban J connectivity index is 3.21. The van der Waals surface area contributed by atoms with Crippen LogP contribution in [-0.4, -0.2) is 16.2 Å². The van der Waals surface area contributed by atoms with Crippen LogP contribution in [0.25, 0.3) is 0 Å². The van der Waals surface area contributed by atoms with Gasteiger partial charge in [0.15, 0.2) is 0 Å². The minimum absolute atomic E-state index is 0.140. The molecule has 4 nitrogen and oxygen atoms in total. The summed E-state index contributed by atoms with van der Waals surface area (Å²) in [6, 6.07) is 4.97. The second-order valence-electron chi connectivity index (χ2n) is 2.94. The number of nitriles is 1. The third kappa shape index (κ3) is 2.78. The average molecular weight is 270 g/mol. The highest BCUT2D eigenvalue weighted by Gasteiger charge is 2.10. The van der Waals surface area contributed by atoms with Crippen molar-refractivity contribution in [2.24, 2.45) is 0 Å². The second-order valence-corrected chi connectivity index (χ2v) is 3.80. The van der Waals surface area contributed by atoms with Gasteiger partial charge >= 0.3 is 5.97 Å². The number of hydrogen-bond donors (Lipinski definition) is 2. The summed E-state index contributed by atoms with van der Waals surface area (Å²) in [5.74, 6) is -0.954. The minimum Gasteiger partial charge on any atom is -0.481 e. The molecule has 0 aliphatic heterocycles. The molecule has 1 aromatic rings. The number of hydrogen-bond acceptors (Lipinski definition) is 3. The van der Waals surface area contributed by atoms with Crippen LogP contribution < -0.4 is 0 Å². The predicted octanol–water partition coefficient (Wildman–Crippen LogP) is 1.44. The quantitative estimate of drug-likeness (QED) is 0.870. The van der Waals surface area contributed by atoms with Gasteiger partial charge in [0, 0.05) is 4.47 Å². The molecule has 0 unspecified atom stereocenters. The molecule has 15 heavy (non-hydrogen) atoms. The zero-order valence-corrected chi connectivity index (χ0v) is 9.28. The van der Waals surface area contributed by atoms with E-state index in [0.29, 0.717) is 21.2 Å². The number of carboxylic acid groups (broad SMARTS) is 1. The summed E-state index contributed by atoms with van der Waals surface area (Å²) in [6.07, 6.45) is -0.140. The van der Waals surface area contributed by atoms with Gasteiger partial charge in [-0.1, -0.05) is 22.0 Å². The van der Waals surface area contributed by atoms with Crippen molar-refractivity contribution in [2.75, 3.05) is 0 Å². The molecule has 0 atom stereocenters. The van der Waals surface area contributed by atoms with Gasteiger partial charge in [-0.25, -0.2) is 0 Å². The summed E-state index contributed by atoms with van der Waals surface area (Å²) in [6.45, 7) is -0.275. The lowest BCUT2D eigenvalue weighted by Gasteiger charge is -2.06. The van der Waals surface area contributed by atoms with Gasteiger partial charge in [-0.3, -0.25) is 4.79 Å². The molecule has 0 fully saturated rings. The van der Waals surface area contributed by atoms with Crippen LogP contribution in [0.1, 0.15) is 16.7 Å². The van der Waals surface area contributed by atoms with Crippen LogP contribution in [0.2, 0.25) is 0 Å². The molecule has 0 bridgehead atoms. The van der Waals surface area contributed by atoms with Crippen molar-refractivity contribution in [1.82, 2.24) is 0 Å². The smallest absolute Gasteiger partial charge is 0.307 e. The van der Waals surface area contributed by atoms with Gasteiger partial charge in [0.2, 0.25) is 0 Å². The number of carbonyl (C=O) groups is 1. The van der Waals surface area contributed by atoms with E-state index in [1.165, 1.54) is 12.1 Å². The van der Waals surface area contributed by atoms with Crippen molar-refractivity contribution in [2.45, 2.75) is 13.0 Å². The molecule has 0 aromatic heterocycles. The molecular formula is C10H8BrNO3. The van der Waals surface area contributed by atoms with E-state index < -0.39 is 5.97 Å². The Hall–Kier alpha value is -1.38. The van der Waals surface area contributed by atoms with E-state index in [1.807, 2.05) is 6.07 Å². The lowest BCUT2D eigenvalue weighted by atomic mass is 10.0. The number of aliphatic carboxylic acids is 1. The molecular weight excluding hydrogens is 262 g/mol. The Bertz CT molecular complexity index is 437. The monoisotopic (exact) mass is 269 g/mol. The van der Waals surface area contributed by atoms with E-state index in [-0.39, 0.29) is 13.0 Å². The Morgan fingerprint density at radius 3 is 2.60 bits per heavy atom. The molecule has 0 saturated heterocycles. The summed E-state index contributed by atoms with van der Waals surface area (Å²) in [7, 11) is 0. The summed E-state index contributed by atoms with van der Waals surface area (Å²) < 4.78 is 0.568. The van der Waals surface area contributed by atoms with Gasteiger partial charge in [-0.15, -0.1) is 0 Å². The molecule has 2 N–H and O–H groups in total. The number of benzene rings is 1. The fraction of sp³-hybridized carbons (Fsp3) is 0.200. The van der Waals surface area contributed by atoms with Crippen molar-refractivity contribution in [3.63, 3.8) is 0 Å². The van der Waals surface area contributed by atoms with Crippen LogP contribution in [-0.2, 0) is 17.8 Å². The Kier molecular flexibility index (Phi) is 3.83. The lowest BCUT2D eigenvalue weighted by molar-refractivity contribution is -0.136. The maximum Gasteiger partial charge on any atom is 0.307 e. The third-order valence-electron chi connectivity index (χ3n) is 1.90. The summed E-state index contributed by atoms with van der Waals surface area (Å²) in [5, 5.41) is 26.4. The van der Waals surface area contributed by atoms with E-state index in [4.69, 9.17) is 15.5 Å². The fourth-order valence-corrected chi connectivity index (χ4v) is 1.69. The number of aliphatic hydroxyl groups excluding tert-OH is 1. The van der Waals surface area contributed by atoms with Crippen LogP contribution in [0.15, 0.2) is 16.6 Å². The Labute approximate surface area is 94.9 Å². The first-order valence-electron chi connectivity index (χ1n) is 4.12. The maximum absolute atomic E-state index is 10.5. The Morgan fingerprint density at radius 2 is 2.13 bits per heavy atom. The molecule has 1 rings (SSSR count). The topological polar surface area (TPSA) is 81.3 Å². The van der Waals surface area contributed by atoms with E-state index in [9.17, 15) is 4.79 Å². The zero-order chi connectivity index (χ0) is 11.4. The van der Waals surface area contributed by atoms with Gasteiger partial charge in [-0.05, 0) is 17.2 Å². The van der Waals surface area contributed by atoms with E-state index in [2.05, 4.69) is 15.9 Å². The van der Waals surface area contributed by atoms with E-state index >= 15 is 0 Å². The van der Waals surface area contributed by atoms with Crippen molar-refractivity contribution in [3.8, 4) is 6.07 Å². The van der Waals surface area contributed by atoms with Gasteiger partial charge in [0.1, 0.15) is 0 Å². The normalized spacial score (nSPS) is 9.67. The van der Waals surface area contributed by atoms with Gasteiger partial charge in [0.05, 0.1) is 24.7 Å². The van der Waals surface area contributed by atoms with E-state index in [1.54, 1.807) is 0 Å². The molecule has 0 saturated carbocycles. The molecule has 0 amide bonds. The van der Waals surface area contributed by atoms with E-state index in [0.717, 1.165) is 0 Å². The van der Waals surface area contributed by atoms with Crippen LogP contribution in [0.4, 0.5) is 0 Å². The minimum atomic E-state index is -0.954. The summed E-state index contributed by atoms with van der Waals surface area (Å²) >= 11 is 3.18. The molecule has 0 radical (unpaired) electrons. The highest BCUT2D eigenvalue weighted by atomic mass is 79.9. The highest BCUT2D eigenvalue weighted by molar-refractivity contribution is 9.10. The third-order valence-corrected chi connectivity index (χ3v) is 2.64.